The molecule has 0 atom stereocenters. The molecule has 0 spiro atoms. The van der Waals surface area contributed by atoms with Crippen LogP contribution in [0, 0.1) is 5.92 Å². The molecule has 0 radical (unpaired) electrons. The lowest BCUT2D eigenvalue weighted by Gasteiger charge is -2.32. The first-order chi connectivity index (χ1) is 13.6. The Labute approximate surface area is 170 Å². The van der Waals surface area contributed by atoms with Crippen molar-refractivity contribution in [1.29, 1.82) is 0 Å². The molecule has 1 aliphatic heterocycles. The van der Waals surface area contributed by atoms with Gasteiger partial charge in [0.25, 0.3) is 0 Å². The molecule has 2 rings (SSSR count). The predicted octanol–water partition coefficient (Wildman–Crippen LogP) is 2.82. The van der Waals surface area contributed by atoms with Crippen molar-refractivity contribution < 1.29 is 21.6 Å². The molecule has 6 nitrogen and oxygen atoms in total. The third-order valence-electron chi connectivity index (χ3n) is 5.18. The second kappa shape index (κ2) is 9.80. The normalized spacial score (nSPS) is 17.4. The number of aryl methyl sites for hydroxylation is 1. The molecule has 0 amide bonds. The highest BCUT2D eigenvalue weighted by Gasteiger charge is 2.50. The zero-order valence-electron chi connectivity index (χ0n) is 17.0. The Bertz CT molecular complexity index is 787. The van der Waals surface area contributed by atoms with Gasteiger partial charge in [-0.2, -0.15) is 17.5 Å². The minimum absolute atomic E-state index is 0.0867. The molecule has 0 aliphatic carbocycles. The van der Waals surface area contributed by atoms with E-state index in [1.807, 2.05) is 11.9 Å². The average molecular weight is 435 g/mol. The maximum atomic E-state index is 12.7. The summed E-state index contributed by atoms with van der Waals surface area (Å²) in [5.41, 5.74) is -2.81. The van der Waals surface area contributed by atoms with Crippen LogP contribution in [-0.2, 0) is 23.0 Å². The van der Waals surface area contributed by atoms with Gasteiger partial charge in [0.2, 0.25) is 0 Å². The molecule has 0 saturated carbocycles. The van der Waals surface area contributed by atoms with Gasteiger partial charge in [-0.25, -0.2) is 8.42 Å². The summed E-state index contributed by atoms with van der Waals surface area (Å²) in [5, 5.41) is 3.25. The van der Waals surface area contributed by atoms with E-state index >= 15 is 0 Å². The molecule has 1 heterocycles. The van der Waals surface area contributed by atoms with Gasteiger partial charge in [-0.15, -0.1) is 0 Å². The number of piperidine rings is 1. The Kier molecular flexibility index (Phi) is 7.93. The van der Waals surface area contributed by atoms with Crippen molar-refractivity contribution in [2.24, 2.45) is 10.9 Å². The Morgan fingerprint density at radius 3 is 2.24 bits per heavy atom. The Balaban J connectivity index is 1.84. The lowest BCUT2D eigenvalue weighted by atomic mass is 9.98. The quantitative estimate of drug-likeness (QED) is 0.552. The average Bonchev–Trinajstić information content (AvgIpc) is 2.68. The number of benzene rings is 1. The topological polar surface area (TPSA) is 65.0 Å². The molecule has 1 aromatic rings. The fourth-order valence-electron chi connectivity index (χ4n) is 3.35. The van der Waals surface area contributed by atoms with E-state index in [1.54, 1.807) is 7.05 Å². The van der Waals surface area contributed by atoms with E-state index in [0.29, 0.717) is 36.2 Å². The van der Waals surface area contributed by atoms with Crippen LogP contribution < -0.4 is 5.32 Å². The van der Waals surface area contributed by atoms with Crippen LogP contribution in [0.15, 0.2) is 29.3 Å². The second-order valence-electron chi connectivity index (χ2n) is 7.25. The number of rotatable bonds is 6. The lowest BCUT2D eigenvalue weighted by Crippen LogP contribution is -2.47. The summed E-state index contributed by atoms with van der Waals surface area (Å²) >= 11 is 0. The minimum atomic E-state index is -5.24. The fraction of sp³-hybridized carbons (Fsp3) is 0.632. The van der Waals surface area contributed by atoms with Crippen LogP contribution in [0.5, 0.6) is 0 Å². The predicted molar refractivity (Wildman–Crippen MR) is 108 cm³/mol. The molecule has 0 aromatic heterocycles. The first kappa shape index (κ1) is 23.5. The summed E-state index contributed by atoms with van der Waals surface area (Å²) < 4.78 is 61.5. The van der Waals surface area contributed by atoms with Gasteiger partial charge in [-0.1, -0.05) is 31.2 Å². The highest BCUT2D eigenvalue weighted by atomic mass is 32.2. The number of guanidine groups is 1. The molecular formula is C19H29F3N4O2S. The van der Waals surface area contributed by atoms with Crippen LogP contribution in [0.2, 0.25) is 0 Å². The second-order valence-corrected chi connectivity index (χ2v) is 9.18. The van der Waals surface area contributed by atoms with E-state index in [0.717, 1.165) is 12.0 Å². The largest absolute Gasteiger partial charge is 0.511 e. The SMILES string of the molecule is CCc1ccc(CN(C)C(=NC)NCC2CCN(S(=O)(=O)C(F)(F)F)CC2)cc1. The lowest BCUT2D eigenvalue weighted by molar-refractivity contribution is -0.0496. The first-order valence-electron chi connectivity index (χ1n) is 9.64. The fourth-order valence-corrected chi connectivity index (χ4v) is 4.33. The summed E-state index contributed by atoms with van der Waals surface area (Å²) in [6.07, 6.45) is 1.74. The molecular weight excluding hydrogens is 405 g/mol. The third kappa shape index (κ3) is 6.08. The van der Waals surface area contributed by atoms with Crippen molar-refractivity contribution in [2.75, 3.05) is 33.7 Å². The number of alkyl halides is 3. The number of halogens is 3. The van der Waals surface area contributed by atoms with E-state index in [-0.39, 0.29) is 19.0 Å². The Hall–Kier alpha value is -1.81. The molecule has 1 aliphatic rings. The van der Waals surface area contributed by atoms with Crippen LogP contribution >= 0.6 is 0 Å². The van der Waals surface area contributed by atoms with Gasteiger partial charge >= 0.3 is 15.5 Å². The van der Waals surface area contributed by atoms with Crippen LogP contribution in [0.1, 0.15) is 30.9 Å². The van der Waals surface area contributed by atoms with E-state index < -0.39 is 15.5 Å². The number of nitrogens with zero attached hydrogens (tertiary/aromatic N) is 3. The number of nitrogens with one attached hydrogen (secondary N) is 1. The first-order valence-corrected chi connectivity index (χ1v) is 11.1. The molecule has 1 fully saturated rings. The van der Waals surface area contributed by atoms with Crippen LogP contribution in [-0.4, -0.2) is 62.8 Å². The number of sulfonamides is 1. The number of hydrogen-bond acceptors (Lipinski definition) is 3. The maximum Gasteiger partial charge on any atom is 0.511 e. The summed E-state index contributed by atoms with van der Waals surface area (Å²) in [4.78, 5) is 6.24. The highest BCUT2D eigenvalue weighted by molar-refractivity contribution is 7.90. The van der Waals surface area contributed by atoms with Gasteiger partial charge in [0.15, 0.2) is 5.96 Å². The standard InChI is InChI=1S/C19H29F3N4O2S/c1-4-15-5-7-17(8-6-15)14-25(3)18(23-2)24-13-16-9-11-26(12-10-16)29(27,28)19(20,21)22/h5-8,16H,4,9-14H2,1-3H3,(H,23,24). The molecule has 1 saturated heterocycles. The van der Waals surface area contributed by atoms with Gasteiger partial charge < -0.3 is 10.2 Å². The zero-order valence-corrected chi connectivity index (χ0v) is 17.9. The number of hydrogen-bond donors (Lipinski definition) is 1. The van der Waals surface area contributed by atoms with Gasteiger partial charge in [0.1, 0.15) is 0 Å². The molecule has 0 bridgehead atoms. The van der Waals surface area contributed by atoms with Crippen LogP contribution in [0.3, 0.4) is 0 Å². The van der Waals surface area contributed by atoms with Crippen molar-refractivity contribution >= 4 is 16.0 Å². The zero-order chi connectivity index (χ0) is 21.7. The van der Waals surface area contributed by atoms with E-state index in [4.69, 9.17) is 0 Å². The summed E-state index contributed by atoms with van der Waals surface area (Å²) in [5.74, 6) is 0.776. The third-order valence-corrected chi connectivity index (χ3v) is 6.81. The van der Waals surface area contributed by atoms with Crippen LogP contribution in [0.4, 0.5) is 13.2 Å². The molecule has 1 N–H and O–H groups in total. The summed E-state index contributed by atoms with van der Waals surface area (Å²) in [7, 11) is -1.63. The van der Waals surface area contributed by atoms with Crippen molar-refractivity contribution in [3.8, 4) is 0 Å². The van der Waals surface area contributed by atoms with Crippen molar-refractivity contribution in [2.45, 2.75) is 38.2 Å². The molecule has 29 heavy (non-hydrogen) atoms. The Morgan fingerprint density at radius 1 is 1.21 bits per heavy atom. The Morgan fingerprint density at radius 2 is 1.76 bits per heavy atom. The van der Waals surface area contributed by atoms with Gasteiger partial charge in [-0.05, 0) is 36.3 Å². The van der Waals surface area contributed by atoms with Gasteiger partial charge in [0.05, 0.1) is 0 Å². The van der Waals surface area contributed by atoms with Crippen molar-refractivity contribution in [3.63, 3.8) is 0 Å². The molecule has 1 aromatic carbocycles. The van der Waals surface area contributed by atoms with Crippen molar-refractivity contribution in [3.05, 3.63) is 35.4 Å². The number of aliphatic imine (C=N–C) groups is 1. The highest BCUT2D eigenvalue weighted by Crippen LogP contribution is 2.30. The van der Waals surface area contributed by atoms with E-state index in [1.165, 1.54) is 5.56 Å². The molecule has 0 unspecified atom stereocenters. The molecule has 10 heteroatoms. The minimum Gasteiger partial charge on any atom is -0.356 e. The molecule has 164 valence electrons. The van der Waals surface area contributed by atoms with E-state index in [2.05, 4.69) is 41.5 Å². The summed E-state index contributed by atoms with van der Waals surface area (Å²) in [6.45, 7) is 3.08. The maximum absolute atomic E-state index is 12.7. The smallest absolute Gasteiger partial charge is 0.356 e. The van der Waals surface area contributed by atoms with Crippen molar-refractivity contribution in [1.82, 2.24) is 14.5 Å². The van der Waals surface area contributed by atoms with E-state index in [9.17, 15) is 21.6 Å². The van der Waals surface area contributed by atoms with Crippen LogP contribution in [0.25, 0.3) is 0 Å². The van der Waals surface area contributed by atoms with Gasteiger partial charge in [-0.3, -0.25) is 4.99 Å². The monoisotopic (exact) mass is 434 g/mol. The summed E-state index contributed by atoms with van der Waals surface area (Å²) in [6, 6.07) is 8.36. The van der Waals surface area contributed by atoms with Gasteiger partial charge in [0, 0.05) is 40.3 Å².